The molecule has 2 N–H and O–H groups in total. The minimum Gasteiger partial charge on any atom is -0.491 e. The van der Waals surface area contributed by atoms with Crippen LogP contribution in [0.3, 0.4) is 0 Å². The summed E-state index contributed by atoms with van der Waals surface area (Å²) in [4.78, 5) is 13.3. The summed E-state index contributed by atoms with van der Waals surface area (Å²) in [6.45, 7) is 12.0. The van der Waals surface area contributed by atoms with Crippen LogP contribution in [0.1, 0.15) is 20.8 Å². The molecular weight excluding hydrogens is 538 g/mol. The van der Waals surface area contributed by atoms with Crippen LogP contribution in [0.4, 0.5) is 11.5 Å². The quantitative estimate of drug-likeness (QED) is 0.210. The lowest BCUT2D eigenvalue weighted by Crippen LogP contribution is -2.29. The number of fused-ring (bicyclic) bond motifs is 2. The number of nitrogens with zero attached hydrogens (tertiary/aromatic N) is 3. The van der Waals surface area contributed by atoms with Crippen LogP contribution < -0.4 is 15.4 Å². The average molecular weight is 573 g/mol. The van der Waals surface area contributed by atoms with Crippen molar-refractivity contribution in [2.75, 3.05) is 51.4 Å². The van der Waals surface area contributed by atoms with E-state index in [1.165, 1.54) is 6.33 Å². The third-order valence-electron chi connectivity index (χ3n) is 5.87. The normalized spacial score (nSPS) is 12.3. The number of sulfone groups is 1. The fraction of sp³-hybridized carbons (Fsp3) is 0.407. The van der Waals surface area contributed by atoms with Crippen LogP contribution in [0.2, 0.25) is 0 Å². The Labute approximate surface area is 233 Å². The summed E-state index contributed by atoms with van der Waals surface area (Å²) in [6.07, 6.45) is 1.44. The predicted octanol–water partition coefficient (Wildman–Crippen LogP) is 4.39. The zero-order valence-corrected chi connectivity index (χ0v) is 24.0. The number of rotatable bonds is 14. The van der Waals surface area contributed by atoms with Crippen LogP contribution in [-0.4, -0.2) is 74.2 Å². The first kappa shape index (κ1) is 29.1. The van der Waals surface area contributed by atoms with E-state index in [4.69, 9.17) is 14.2 Å². The Kier molecular flexibility index (Phi) is 9.67. The highest BCUT2D eigenvalue weighted by Crippen LogP contribution is 2.37. The van der Waals surface area contributed by atoms with Crippen molar-refractivity contribution in [3.05, 3.63) is 49.1 Å². The molecule has 0 atom stereocenters. The highest BCUT2D eigenvalue weighted by atomic mass is 32.2. The van der Waals surface area contributed by atoms with Crippen molar-refractivity contribution in [3.63, 3.8) is 0 Å². The van der Waals surface area contributed by atoms with Crippen molar-refractivity contribution in [3.8, 4) is 5.75 Å². The van der Waals surface area contributed by atoms with Crippen LogP contribution in [0, 0.1) is 6.92 Å². The first-order chi connectivity index (χ1) is 18.7. The zero-order chi connectivity index (χ0) is 27.9. The molecule has 0 aliphatic heterocycles. The van der Waals surface area contributed by atoms with Gasteiger partial charge in [-0.05, 0) is 52.0 Å². The van der Waals surface area contributed by atoms with Crippen LogP contribution in [0.15, 0.2) is 47.1 Å². The zero-order valence-electron chi connectivity index (χ0n) is 22.4. The van der Waals surface area contributed by atoms with E-state index in [9.17, 15) is 8.42 Å². The van der Waals surface area contributed by atoms with E-state index >= 15 is 0 Å². The number of hydrogen-bond acceptors (Lipinski definition) is 11. The largest absolute Gasteiger partial charge is 0.491 e. The van der Waals surface area contributed by atoms with Crippen molar-refractivity contribution < 1.29 is 22.6 Å². The molecule has 2 aromatic carbocycles. The number of ether oxygens (including phenoxy) is 3. The van der Waals surface area contributed by atoms with E-state index in [0.717, 1.165) is 15.9 Å². The summed E-state index contributed by atoms with van der Waals surface area (Å²) < 4.78 is 43.8. The van der Waals surface area contributed by atoms with E-state index in [-0.39, 0.29) is 17.3 Å². The lowest BCUT2D eigenvalue weighted by molar-refractivity contribution is 0.0589. The molecule has 39 heavy (non-hydrogen) atoms. The van der Waals surface area contributed by atoms with E-state index in [1.54, 1.807) is 49.8 Å². The maximum atomic E-state index is 13.6. The molecule has 2 aromatic heterocycles. The Bertz CT molecular complexity index is 1500. The van der Waals surface area contributed by atoms with Crippen molar-refractivity contribution in [2.24, 2.45) is 0 Å². The highest BCUT2D eigenvalue weighted by molar-refractivity contribution is 7.92. The Morgan fingerprint density at radius 1 is 0.949 bits per heavy atom. The molecule has 0 aliphatic carbocycles. The molecule has 4 rings (SSSR count). The molecule has 10 nitrogen and oxygen atoms in total. The number of thiazole rings is 1. The molecule has 12 heteroatoms. The summed E-state index contributed by atoms with van der Waals surface area (Å²) in [5.41, 5.74) is 4.03. The van der Waals surface area contributed by atoms with Gasteiger partial charge in [0.25, 0.3) is 0 Å². The average Bonchev–Trinajstić information content (AvgIpc) is 3.37. The van der Waals surface area contributed by atoms with Gasteiger partial charge in [0.1, 0.15) is 29.4 Å². The molecule has 1 radical (unpaired) electrons. The topological polar surface area (TPSA) is 125 Å². The number of hydrogen-bond donors (Lipinski definition) is 2. The van der Waals surface area contributed by atoms with E-state index in [0.29, 0.717) is 56.2 Å². The third kappa shape index (κ3) is 7.20. The second kappa shape index (κ2) is 13.0. The summed E-state index contributed by atoms with van der Waals surface area (Å²) in [5.74, 6) is 0.753. The Balaban J connectivity index is 1.53. The SMILES string of the molecule is [CH2]COCCOCCNCCOc1cc2ncnc(Nc3ccc4scnc4c3)c2cc1S(=O)(=O)C(C)(C)C. The van der Waals surface area contributed by atoms with Gasteiger partial charge in [-0.2, -0.15) is 0 Å². The van der Waals surface area contributed by atoms with Crippen LogP contribution in [0.5, 0.6) is 5.75 Å². The third-order valence-corrected chi connectivity index (χ3v) is 9.19. The van der Waals surface area contributed by atoms with Gasteiger partial charge < -0.3 is 24.8 Å². The molecule has 0 fully saturated rings. The molecular formula is C27H34N5O5S2. The second-order valence-corrected chi connectivity index (χ2v) is 13.2. The molecule has 0 aliphatic rings. The molecule has 2 heterocycles. The molecule has 0 unspecified atom stereocenters. The number of nitrogens with one attached hydrogen (secondary N) is 2. The van der Waals surface area contributed by atoms with Gasteiger partial charge in [0.05, 0.1) is 45.8 Å². The number of benzene rings is 2. The van der Waals surface area contributed by atoms with E-state index < -0.39 is 14.6 Å². The van der Waals surface area contributed by atoms with E-state index in [2.05, 4.69) is 32.5 Å². The van der Waals surface area contributed by atoms with Crippen LogP contribution in [0.25, 0.3) is 21.1 Å². The van der Waals surface area contributed by atoms with Crippen molar-refractivity contribution in [1.82, 2.24) is 20.3 Å². The van der Waals surface area contributed by atoms with Gasteiger partial charge in [0.2, 0.25) is 0 Å². The first-order valence-corrected chi connectivity index (χ1v) is 15.0. The number of anilines is 2. The molecule has 0 saturated heterocycles. The van der Waals surface area contributed by atoms with E-state index in [1.807, 2.05) is 18.2 Å². The summed E-state index contributed by atoms with van der Waals surface area (Å²) >= 11 is 1.57. The fourth-order valence-corrected chi connectivity index (χ4v) is 5.69. The minimum atomic E-state index is -3.75. The van der Waals surface area contributed by atoms with Gasteiger partial charge in [0, 0.05) is 36.8 Å². The van der Waals surface area contributed by atoms with Gasteiger partial charge in [0.15, 0.2) is 9.84 Å². The lowest BCUT2D eigenvalue weighted by Gasteiger charge is -2.22. The maximum absolute atomic E-state index is 13.6. The fourth-order valence-electron chi connectivity index (χ4n) is 3.71. The van der Waals surface area contributed by atoms with Crippen LogP contribution >= 0.6 is 11.3 Å². The second-order valence-electron chi connectivity index (χ2n) is 9.64. The molecule has 0 saturated carbocycles. The number of aromatic nitrogens is 3. The standard InChI is InChI=1S/C27H34N5O5S2/c1-5-35-12-13-36-10-8-28-9-11-37-23-16-21-20(15-25(23)39(33,34)27(2,3)4)26(30-17-29-21)32-19-6-7-24-22(14-19)31-18-38-24/h6-7,14-18,28H,1,5,8-13H2,2-4H3,(H,29,30,32). The summed E-state index contributed by atoms with van der Waals surface area (Å²) in [5, 5.41) is 7.10. The molecule has 209 valence electrons. The van der Waals surface area contributed by atoms with Gasteiger partial charge in [-0.3, -0.25) is 0 Å². The Hall–Kier alpha value is -2.90. The molecule has 0 bridgehead atoms. The van der Waals surface area contributed by atoms with Gasteiger partial charge in [-0.1, -0.05) is 0 Å². The molecule has 0 spiro atoms. The Morgan fingerprint density at radius 2 is 1.74 bits per heavy atom. The maximum Gasteiger partial charge on any atom is 0.186 e. The Morgan fingerprint density at radius 3 is 2.54 bits per heavy atom. The van der Waals surface area contributed by atoms with Gasteiger partial charge in [-0.25, -0.2) is 23.4 Å². The van der Waals surface area contributed by atoms with Crippen LogP contribution in [-0.2, 0) is 19.3 Å². The van der Waals surface area contributed by atoms with Crippen molar-refractivity contribution >= 4 is 53.8 Å². The summed E-state index contributed by atoms with van der Waals surface area (Å²) in [7, 11) is -3.75. The smallest absolute Gasteiger partial charge is 0.186 e. The monoisotopic (exact) mass is 572 g/mol. The first-order valence-electron chi connectivity index (χ1n) is 12.6. The van der Waals surface area contributed by atoms with Gasteiger partial charge >= 0.3 is 0 Å². The van der Waals surface area contributed by atoms with Crippen molar-refractivity contribution in [2.45, 2.75) is 30.4 Å². The molecule has 4 aromatic rings. The van der Waals surface area contributed by atoms with Crippen molar-refractivity contribution in [1.29, 1.82) is 0 Å². The van der Waals surface area contributed by atoms with Gasteiger partial charge in [-0.15, -0.1) is 11.3 Å². The predicted molar refractivity (Wildman–Crippen MR) is 155 cm³/mol. The molecule has 0 amide bonds. The summed E-state index contributed by atoms with van der Waals surface area (Å²) in [6, 6.07) is 9.12. The lowest BCUT2D eigenvalue weighted by atomic mass is 10.2. The minimum absolute atomic E-state index is 0.101. The highest BCUT2D eigenvalue weighted by Gasteiger charge is 2.34.